The molecule has 110 valence electrons. The summed E-state index contributed by atoms with van der Waals surface area (Å²) in [7, 11) is 0. The molecule has 2 fully saturated rings. The molecule has 2 aliphatic heterocycles. The Labute approximate surface area is 117 Å². The number of hydrogen-bond acceptors (Lipinski definition) is 3. The van der Waals surface area contributed by atoms with Crippen molar-refractivity contribution in [2.24, 2.45) is 5.92 Å². The van der Waals surface area contributed by atoms with Gasteiger partial charge in [-0.2, -0.15) is 0 Å². The average Bonchev–Trinajstić information content (AvgIpc) is 2.46. The monoisotopic (exact) mass is 267 g/mol. The van der Waals surface area contributed by atoms with Crippen LogP contribution in [0.5, 0.6) is 0 Å². The molecule has 0 aromatic carbocycles. The van der Waals surface area contributed by atoms with Gasteiger partial charge in [0.1, 0.15) is 0 Å². The van der Waals surface area contributed by atoms with E-state index in [-0.39, 0.29) is 11.9 Å². The minimum Gasteiger partial charge on any atom is -0.354 e. The molecule has 0 aromatic heterocycles. The lowest BCUT2D eigenvalue weighted by Crippen LogP contribution is -2.49. The fourth-order valence-corrected chi connectivity index (χ4v) is 3.18. The van der Waals surface area contributed by atoms with Gasteiger partial charge in [0, 0.05) is 19.1 Å². The van der Waals surface area contributed by atoms with Crippen molar-refractivity contribution in [3.63, 3.8) is 0 Å². The maximum atomic E-state index is 12.1. The third-order valence-electron chi connectivity index (χ3n) is 4.47. The summed E-state index contributed by atoms with van der Waals surface area (Å²) in [5.41, 5.74) is 0. The highest BCUT2D eigenvalue weighted by Gasteiger charge is 2.24. The predicted molar refractivity (Wildman–Crippen MR) is 78.1 cm³/mol. The molecule has 1 amide bonds. The Bertz CT molecular complexity index is 287. The molecule has 0 aromatic rings. The van der Waals surface area contributed by atoms with Crippen LogP contribution >= 0.6 is 0 Å². The minimum atomic E-state index is 0.0542. The fraction of sp³-hybridized carbons (Fsp3) is 0.933. The van der Waals surface area contributed by atoms with E-state index in [4.69, 9.17) is 0 Å². The van der Waals surface area contributed by atoms with Crippen LogP contribution in [0.2, 0.25) is 0 Å². The van der Waals surface area contributed by atoms with Crippen LogP contribution in [0.1, 0.15) is 46.0 Å². The molecular weight excluding hydrogens is 238 g/mol. The fourth-order valence-electron chi connectivity index (χ4n) is 3.18. The van der Waals surface area contributed by atoms with Gasteiger partial charge in [-0.25, -0.2) is 0 Å². The van der Waals surface area contributed by atoms with Crippen LogP contribution in [-0.4, -0.2) is 49.1 Å². The maximum Gasteiger partial charge on any atom is 0.237 e. The van der Waals surface area contributed by atoms with Gasteiger partial charge in [-0.1, -0.05) is 6.42 Å². The van der Waals surface area contributed by atoms with E-state index in [0.29, 0.717) is 12.0 Å². The van der Waals surface area contributed by atoms with Crippen LogP contribution in [0.15, 0.2) is 0 Å². The number of likely N-dealkylation sites (tertiary alicyclic amines) is 1. The molecule has 1 unspecified atom stereocenters. The summed E-state index contributed by atoms with van der Waals surface area (Å²) in [5, 5.41) is 6.46. The van der Waals surface area contributed by atoms with Gasteiger partial charge in [0.15, 0.2) is 0 Å². The maximum absolute atomic E-state index is 12.1. The van der Waals surface area contributed by atoms with Gasteiger partial charge in [0.25, 0.3) is 0 Å². The number of piperidine rings is 2. The first-order valence-electron chi connectivity index (χ1n) is 7.92. The molecule has 2 aliphatic rings. The number of rotatable bonds is 4. The summed E-state index contributed by atoms with van der Waals surface area (Å²) in [6.45, 7) is 8.70. The second-order valence-electron chi connectivity index (χ2n) is 6.34. The highest BCUT2D eigenvalue weighted by atomic mass is 16.2. The third kappa shape index (κ3) is 4.46. The van der Waals surface area contributed by atoms with E-state index in [0.717, 1.165) is 26.1 Å². The largest absolute Gasteiger partial charge is 0.354 e. The summed E-state index contributed by atoms with van der Waals surface area (Å²) < 4.78 is 0. The van der Waals surface area contributed by atoms with E-state index >= 15 is 0 Å². The van der Waals surface area contributed by atoms with Crippen molar-refractivity contribution >= 4 is 5.91 Å². The van der Waals surface area contributed by atoms with Crippen LogP contribution in [-0.2, 0) is 4.79 Å². The molecule has 4 heteroatoms. The molecule has 2 heterocycles. The Morgan fingerprint density at radius 2 is 2.16 bits per heavy atom. The quantitative estimate of drug-likeness (QED) is 0.808. The Morgan fingerprint density at radius 1 is 1.32 bits per heavy atom. The first-order valence-corrected chi connectivity index (χ1v) is 7.92. The number of hydrogen-bond donors (Lipinski definition) is 2. The predicted octanol–water partition coefficient (Wildman–Crippen LogP) is 1.37. The Hall–Kier alpha value is -0.610. The molecular formula is C15H29N3O. The molecule has 2 rings (SSSR count). The number of amides is 1. The van der Waals surface area contributed by atoms with Crippen LogP contribution in [0, 0.1) is 5.92 Å². The van der Waals surface area contributed by atoms with Gasteiger partial charge >= 0.3 is 0 Å². The van der Waals surface area contributed by atoms with Crippen LogP contribution < -0.4 is 10.6 Å². The van der Waals surface area contributed by atoms with E-state index in [2.05, 4.69) is 29.4 Å². The van der Waals surface area contributed by atoms with Crippen molar-refractivity contribution < 1.29 is 4.79 Å². The Balaban J connectivity index is 1.70. The first kappa shape index (κ1) is 14.8. The molecule has 2 N–H and O–H groups in total. The van der Waals surface area contributed by atoms with Gasteiger partial charge in [0.05, 0.1) is 6.04 Å². The molecule has 0 spiro atoms. The molecule has 2 saturated heterocycles. The van der Waals surface area contributed by atoms with E-state index in [9.17, 15) is 4.79 Å². The molecule has 0 saturated carbocycles. The molecule has 0 bridgehead atoms. The lowest BCUT2D eigenvalue weighted by molar-refractivity contribution is -0.123. The topological polar surface area (TPSA) is 44.4 Å². The van der Waals surface area contributed by atoms with Gasteiger partial charge in [-0.3, -0.25) is 4.79 Å². The van der Waals surface area contributed by atoms with Crippen molar-refractivity contribution in [1.82, 2.24) is 15.5 Å². The standard InChI is InChI=1S/C15H29N3O/c1-12(2)18-9-5-6-13(11-18)10-17-15(19)14-7-3-4-8-16-14/h12-14,16H,3-11H2,1-2H3,(H,17,19)/t13?,14-/m1/s1. The summed E-state index contributed by atoms with van der Waals surface area (Å²) in [6.07, 6.45) is 5.89. The minimum absolute atomic E-state index is 0.0542. The molecule has 4 nitrogen and oxygen atoms in total. The molecule has 0 radical (unpaired) electrons. The number of carbonyl (C=O) groups is 1. The van der Waals surface area contributed by atoms with Crippen LogP contribution in [0.25, 0.3) is 0 Å². The van der Waals surface area contributed by atoms with Crippen LogP contribution in [0.4, 0.5) is 0 Å². The van der Waals surface area contributed by atoms with Crippen molar-refractivity contribution in [2.45, 2.75) is 58.0 Å². The summed E-state index contributed by atoms with van der Waals surface area (Å²) in [5.74, 6) is 0.838. The van der Waals surface area contributed by atoms with E-state index in [1.807, 2.05) is 0 Å². The molecule has 2 atom stereocenters. The SMILES string of the molecule is CC(C)N1CCCC(CNC(=O)[C@H]2CCCCN2)C1. The van der Waals surface area contributed by atoms with Crippen molar-refractivity contribution in [2.75, 3.05) is 26.2 Å². The summed E-state index contributed by atoms with van der Waals surface area (Å²) in [6, 6.07) is 0.678. The van der Waals surface area contributed by atoms with Gasteiger partial charge in [0.2, 0.25) is 5.91 Å². The smallest absolute Gasteiger partial charge is 0.237 e. The van der Waals surface area contributed by atoms with E-state index in [1.165, 1.54) is 32.2 Å². The number of nitrogens with one attached hydrogen (secondary N) is 2. The van der Waals surface area contributed by atoms with Gasteiger partial charge in [-0.05, 0) is 58.5 Å². The highest BCUT2D eigenvalue weighted by Crippen LogP contribution is 2.17. The summed E-state index contributed by atoms with van der Waals surface area (Å²) >= 11 is 0. The number of carbonyl (C=O) groups excluding carboxylic acids is 1. The lowest BCUT2D eigenvalue weighted by atomic mass is 9.96. The van der Waals surface area contributed by atoms with Crippen LogP contribution in [0.3, 0.4) is 0 Å². The zero-order valence-corrected chi connectivity index (χ0v) is 12.5. The highest BCUT2D eigenvalue weighted by molar-refractivity contribution is 5.81. The van der Waals surface area contributed by atoms with Crippen molar-refractivity contribution in [1.29, 1.82) is 0 Å². The zero-order valence-electron chi connectivity index (χ0n) is 12.5. The van der Waals surface area contributed by atoms with E-state index in [1.54, 1.807) is 0 Å². The molecule has 19 heavy (non-hydrogen) atoms. The lowest BCUT2D eigenvalue weighted by Gasteiger charge is -2.35. The normalized spacial score (nSPS) is 29.4. The first-order chi connectivity index (χ1) is 9.16. The zero-order chi connectivity index (χ0) is 13.7. The second kappa shape index (κ2) is 7.25. The average molecular weight is 267 g/mol. The third-order valence-corrected chi connectivity index (χ3v) is 4.47. The van der Waals surface area contributed by atoms with Crippen molar-refractivity contribution in [3.05, 3.63) is 0 Å². The van der Waals surface area contributed by atoms with Gasteiger partial charge in [-0.15, -0.1) is 0 Å². The van der Waals surface area contributed by atoms with E-state index < -0.39 is 0 Å². The molecule has 0 aliphatic carbocycles. The van der Waals surface area contributed by atoms with Gasteiger partial charge < -0.3 is 15.5 Å². The summed E-state index contributed by atoms with van der Waals surface area (Å²) in [4.78, 5) is 14.6. The Kier molecular flexibility index (Phi) is 5.64. The Morgan fingerprint density at radius 3 is 2.84 bits per heavy atom. The van der Waals surface area contributed by atoms with Crippen molar-refractivity contribution in [3.8, 4) is 0 Å². The number of nitrogens with zero attached hydrogens (tertiary/aromatic N) is 1. The second-order valence-corrected chi connectivity index (χ2v) is 6.34.